The van der Waals surface area contributed by atoms with Gasteiger partial charge in [-0.15, -0.1) is 0 Å². The van der Waals surface area contributed by atoms with Gasteiger partial charge in [0.25, 0.3) is 0 Å². The van der Waals surface area contributed by atoms with Crippen molar-refractivity contribution in [2.75, 3.05) is 9.80 Å². The van der Waals surface area contributed by atoms with E-state index in [2.05, 4.69) is 216 Å². The summed E-state index contributed by atoms with van der Waals surface area (Å²) < 4.78 is 2.38. The molecule has 1 aliphatic heterocycles. The first-order chi connectivity index (χ1) is 26.2. The molecule has 0 N–H and O–H groups in total. The van der Waals surface area contributed by atoms with E-state index in [4.69, 9.17) is 0 Å². The van der Waals surface area contributed by atoms with Crippen molar-refractivity contribution in [1.82, 2.24) is 4.57 Å². The Morgan fingerprint density at radius 2 is 1.19 bits per heavy atom. The predicted molar refractivity (Wildman–Crippen MR) is 224 cm³/mol. The van der Waals surface area contributed by atoms with Crippen molar-refractivity contribution in [2.45, 2.75) is 25.8 Å². The zero-order valence-corrected chi connectivity index (χ0v) is 29.9. The van der Waals surface area contributed by atoms with Crippen LogP contribution in [-0.4, -0.2) is 10.6 Å². The van der Waals surface area contributed by atoms with E-state index in [1.54, 1.807) is 0 Å². The number of hydrogen-bond donors (Lipinski definition) is 0. The molecule has 0 radical (unpaired) electrons. The zero-order chi connectivity index (χ0) is 35.5. The average molecular weight is 682 g/mol. The molecule has 7 aromatic carbocycles. The molecule has 0 saturated carbocycles. The third-order valence-electron chi connectivity index (χ3n) is 11.4. The Morgan fingerprint density at radius 3 is 2.02 bits per heavy atom. The third kappa shape index (κ3) is 5.03. The van der Waals surface area contributed by atoms with Crippen molar-refractivity contribution in [3.05, 3.63) is 205 Å². The highest BCUT2D eigenvalue weighted by atomic mass is 15.2. The summed E-state index contributed by atoms with van der Waals surface area (Å²) in [7, 11) is 0. The quantitative estimate of drug-likeness (QED) is 0.173. The summed E-state index contributed by atoms with van der Waals surface area (Å²) in [5.41, 5.74) is 16.0. The molecule has 254 valence electrons. The molecule has 1 aromatic heterocycles. The van der Waals surface area contributed by atoms with Crippen LogP contribution in [0.4, 0.5) is 28.4 Å². The topological polar surface area (TPSA) is 11.4 Å². The van der Waals surface area contributed by atoms with Crippen molar-refractivity contribution in [1.29, 1.82) is 0 Å². The van der Waals surface area contributed by atoms with E-state index in [9.17, 15) is 0 Å². The Morgan fingerprint density at radius 1 is 0.509 bits per heavy atom. The molecule has 8 aromatic rings. The molecule has 3 nitrogen and oxygen atoms in total. The smallest absolute Gasteiger partial charge is 0.0629 e. The Labute approximate surface area is 311 Å². The van der Waals surface area contributed by atoms with Crippen molar-refractivity contribution in [2.24, 2.45) is 0 Å². The number of hydrogen-bond acceptors (Lipinski definition) is 2. The van der Waals surface area contributed by atoms with Gasteiger partial charge in [-0.3, -0.25) is 0 Å². The maximum atomic E-state index is 2.49. The Bertz CT molecular complexity index is 2700. The molecule has 2 heterocycles. The summed E-state index contributed by atoms with van der Waals surface area (Å²) >= 11 is 0. The minimum atomic E-state index is 0.278. The lowest BCUT2D eigenvalue weighted by molar-refractivity contribution is 0.745. The summed E-state index contributed by atoms with van der Waals surface area (Å²) in [6.07, 6.45) is 9.04. The molecule has 2 aliphatic rings. The molecule has 3 heteroatoms. The molecule has 2 unspecified atom stereocenters. The summed E-state index contributed by atoms with van der Waals surface area (Å²) in [5.74, 6) is 0.365. The number of nitrogens with zero attached hydrogens (tertiary/aromatic N) is 3. The normalized spacial score (nSPS) is 15.9. The number of rotatable bonds is 6. The van der Waals surface area contributed by atoms with Gasteiger partial charge >= 0.3 is 0 Å². The van der Waals surface area contributed by atoms with Gasteiger partial charge in [0.15, 0.2) is 0 Å². The van der Waals surface area contributed by atoms with E-state index in [0.717, 1.165) is 11.4 Å². The second kappa shape index (κ2) is 12.6. The van der Waals surface area contributed by atoms with Crippen molar-refractivity contribution in [3.8, 4) is 16.8 Å². The predicted octanol–water partition coefficient (Wildman–Crippen LogP) is 13.3. The number of allylic oxidation sites excluding steroid dienone is 2. The molecule has 0 spiro atoms. The van der Waals surface area contributed by atoms with Crippen LogP contribution in [-0.2, 0) is 0 Å². The van der Waals surface area contributed by atoms with Crippen LogP contribution in [0.2, 0.25) is 0 Å². The van der Waals surface area contributed by atoms with Crippen LogP contribution >= 0.6 is 0 Å². The van der Waals surface area contributed by atoms with Gasteiger partial charge in [0.1, 0.15) is 0 Å². The second-order valence-electron chi connectivity index (χ2n) is 14.2. The van der Waals surface area contributed by atoms with Gasteiger partial charge in [0, 0.05) is 50.8 Å². The first-order valence-electron chi connectivity index (χ1n) is 18.5. The van der Waals surface area contributed by atoms with E-state index in [-0.39, 0.29) is 6.04 Å². The van der Waals surface area contributed by atoms with Crippen LogP contribution in [0, 0.1) is 13.8 Å². The van der Waals surface area contributed by atoms with Crippen LogP contribution < -0.4 is 9.80 Å². The highest BCUT2D eigenvalue weighted by Gasteiger charge is 2.37. The van der Waals surface area contributed by atoms with E-state index in [1.807, 2.05) is 0 Å². The number of benzene rings is 7. The number of aromatic nitrogens is 1. The minimum absolute atomic E-state index is 0.278. The Balaban J connectivity index is 1.05. The minimum Gasteiger partial charge on any atom is -0.333 e. The molecule has 0 saturated heterocycles. The number of para-hydroxylation sites is 4. The van der Waals surface area contributed by atoms with Gasteiger partial charge in [-0.25, -0.2) is 0 Å². The first-order valence-corrected chi connectivity index (χ1v) is 18.5. The van der Waals surface area contributed by atoms with Gasteiger partial charge < -0.3 is 14.4 Å². The first kappa shape index (κ1) is 31.2. The van der Waals surface area contributed by atoms with Crippen molar-refractivity contribution in [3.63, 3.8) is 0 Å². The average Bonchev–Trinajstić information content (AvgIpc) is 3.73. The summed E-state index contributed by atoms with van der Waals surface area (Å²) in [5, 5.41) is 2.53. The SMILES string of the molecule is Cc1c(-c2ccc3c(c2)c2ccccc2n3-c2ccccc2)ccc(N(c2ccccc2)c2ccc(N3c4ccccc4C4C=CC=CC43)cc2)c1C. The molecule has 0 amide bonds. The number of fused-ring (bicyclic) bond motifs is 6. The van der Waals surface area contributed by atoms with Crippen molar-refractivity contribution >= 4 is 50.2 Å². The Hall–Kier alpha value is -6.58. The second-order valence-corrected chi connectivity index (χ2v) is 14.2. The fourth-order valence-corrected chi connectivity index (χ4v) is 8.71. The third-order valence-corrected chi connectivity index (χ3v) is 11.4. The zero-order valence-electron chi connectivity index (χ0n) is 29.9. The molecule has 10 rings (SSSR count). The largest absolute Gasteiger partial charge is 0.333 e. The van der Waals surface area contributed by atoms with Gasteiger partial charge in [0.05, 0.1) is 17.1 Å². The van der Waals surface area contributed by atoms with E-state index >= 15 is 0 Å². The molecule has 53 heavy (non-hydrogen) atoms. The molecule has 1 aliphatic carbocycles. The summed E-state index contributed by atoms with van der Waals surface area (Å²) in [6, 6.07) is 60.0. The van der Waals surface area contributed by atoms with Gasteiger partial charge in [0.2, 0.25) is 0 Å². The Kier molecular flexibility index (Phi) is 7.40. The standard InChI is InChI=1S/C50H39N3/c1-34-35(2)46(32-30-41(34)36-25-31-50-45(33-36)44-21-11-14-24-49(44)52(50)38-17-7-4-8-18-38)51(37-15-5-3-6-16-37)39-26-28-40(29-27-39)53-47-22-12-9-19-42(47)43-20-10-13-23-48(43)53/h3-33,42,47H,1-2H3. The fraction of sp³-hybridized carbons (Fsp3) is 0.0800. The van der Waals surface area contributed by atoms with Crippen LogP contribution in [0.25, 0.3) is 38.6 Å². The molecular weight excluding hydrogens is 643 g/mol. The van der Waals surface area contributed by atoms with E-state index in [0.29, 0.717) is 5.92 Å². The fourth-order valence-electron chi connectivity index (χ4n) is 8.71. The van der Waals surface area contributed by atoms with Crippen LogP contribution in [0.15, 0.2) is 188 Å². The van der Waals surface area contributed by atoms with Crippen LogP contribution in [0.1, 0.15) is 22.6 Å². The van der Waals surface area contributed by atoms with E-state index in [1.165, 1.54) is 72.4 Å². The lowest BCUT2D eigenvalue weighted by Crippen LogP contribution is -2.28. The van der Waals surface area contributed by atoms with Crippen LogP contribution in [0.5, 0.6) is 0 Å². The maximum absolute atomic E-state index is 2.49. The monoisotopic (exact) mass is 681 g/mol. The van der Waals surface area contributed by atoms with Gasteiger partial charge in [-0.2, -0.15) is 0 Å². The molecule has 2 atom stereocenters. The summed E-state index contributed by atoms with van der Waals surface area (Å²) in [4.78, 5) is 4.89. The highest BCUT2D eigenvalue weighted by molar-refractivity contribution is 6.10. The highest BCUT2D eigenvalue weighted by Crippen LogP contribution is 2.48. The lowest BCUT2D eigenvalue weighted by atomic mass is 9.91. The van der Waals surface area contributed by atoms with Gasteiger partial charge in [-0.05, 0) is 121 Å². The number of anilines is 5. The summed E-state index contributed by atoms with van der Waals surface area (Å²) in [6.45, 7) is 4.54. The molecule has 0 fully saturated rings. The van der Waals surface area contributed by atoms with Gasteiger partial charge in [-0.1, -0.05) is 109 Å². The van der Waals surface area contributed by atoms with Crippen LogP contribution in [0.3, 0.4) is 0 Å². The molecular formula is C50H39N3. The molecule has 0 bridgehead atoms. The van der Waals surface area contributed by atoms with Crippen molar-refractivity contribution < 1.29 is 0 Å². The van der Waals surface area contributed by atoms with E-state index < -0.39 is 0 Å². The lowest BCUT2D eigenvalue weighted by Gasteiger charge is -2.31. The maximum Gasteiger partial charge on any atom is 0.0629 e.